The van der Waals surface area contributed by atoms with E-state index < -0.39 is 0 Å². The molecule has 1 aliphatic heterocycles. The second-order valence-corrected chi connectivity index (χ2v) is 7.35. The van der Waals surface area contributed by atoms with Gasteiger partial charge >= 0.3 is 0 Å². The smallest absolute Gasteiger partial charge is 0.191 e. The van der Waals surface area contributed by atoms with Gasteiger partial charge in [0.25, 0.3) is 0 Å². The average Bonchev–Trinajstić information content (AvgIpc) is 3.24. The first-order chi connectivity index (χ1) is 13.2. The quantitative estimate of drug-likeness (QED) is 0.448. The Morgan fingerprint density at radius 1 is 1.22 bits per heavy atom. The van der Waals surface area contributed by atoms with Crippen LogP contribution in [0.15, 0.2) is 47.7 Å². The molecule has 0 spiro atoms. The van der Waals surface area contributed by atoms with E-state index in [9.17, 15) is 0 Å². The third kappa shape index (κ3) is 6.10. The van der Waals surface area contributed by atoms with Crippen LogP contribution >= 0.6 is 0 Å². The van der Waals surface area contributed by atoms with Crippen LogP contribution in [0.25, 0.3) is 5.69 Å². The maximum Gasteiger partial charge on any atom is 0.191 e. The normalized spacial score (nSPS) is 16.4. The molecule has 1 saturated heterocycles. The standard InChI is InChI=1S/C21H32N6/c1-18-8-14-26(15-9-18)12-4-10-23-21(22-2)24-17-19-6-3-7-20(16-19)27-13-5-11-25-27/h3,5-7,11,13,16,18H,4,8-10,12,14-15,17H2,1-2H3,(H2,22,23,24). The van der Waals surface area contributed by atoms with Crippen molar-refractivity contribution in [2.75, 3.05) is 33.2 Å². The molecule has 0 aliphatic carbocycles. The zero-order chi connectivity index (χ0) is 18.9. The van der Waals surface area contributed by atoms with Crippen molar-refractivity contribution in [3.05, 3.63) is 48.3 Å². The summed E-state index contributed by atoms with van der Waals surface area (Å²) in [6.45, 7) is 7.71. The highest BCUT2D eigenvalue weighted by atomic mass is 15.3. The molecule has 3 rings (SSSR count). The van der Waals surface area contributed by atoms with E-state index in [0.717, 1.165) is 37.1 Å². The number of piperidine rings is 1. The number of nitrogens with zero attached hydrogens (tertiary/aromatic N) is 4. The number of aromatic nitrogens is 2. The first-order valence-electron chi connectivity index (χ1n) is 10.0. The second-order valence-electron chi connectivity index (χ2n) is 7.35. The van der Waals surface area contributed by atoms with Crippen molar-refractivity contribution >= 4 is 5.96 Å². The molecule has 1 aliphatic rings. The van der Waals surface area contributed by atoms with Gasteiger partial charge in [-0.3, -0.25) is 4.99 Å². The van der Waals surface area contributed by atoms with E-state index in [-0.39, 0.29) is 0 Å². The summed E-state index contributed by atoms with van der Waals surface area (Å²) in [4.78, 5) is 6.91. The molecule has 0 bridgehead atoms. The highest BCUT2D eigenvalue weighted by Crippen LogP contribution is 2.15. The molecule has 6 nitrogen and oxygen atoms in total. The summed E-state index contributed by atoms with van der Waals surface area (Å²) in [5.74, 6) is 1.75. The predicted molar refractivity (Wildman–Crippen MR) is 111 cm³/mol. The Bertz CT molecular complexity index is 701. The Morgan fingerprint density at radius 3 is 2.81 bits per heavy atom. The molecule has 0 saturated carbocycles. The number of guanidine groups is 1. The summed E-state index contributed by atoms with van der Waals surface area (Å²) < 4.78 is 1.87. The van der Waals surface area contributed by atoms with Crippen molar-refractivity contribution in [2.24, 2.45) is 10.9 Å². The number of likely N-dealkylation sites (tertiary alicyclic amines) is 1. The molecule has 1 fully saturated rings. The van der Waals surface area contributed by atoms with E-state index in [1.54, 1.807) is 6.20 Å². The van der Waals surface area contributed by atoms with Crippen LogP contribution in [0.1, 0.15) is 31.7 Å². The minimum Gasteiger partial charge on any atom is -0.356 e. The van der Waals surface area contributed by atoms with Gasteiger partial charge in [0.15, 0.2) is 5.96 Å². The third-order valence-electron chi connectivity index (χ3n) is 5.18. The minimum absolute atomic E-state index is 0.735. The van der Waals surface area contributed by atoms with Crippen LogP contribution in [0.4, 0.5) is 0 Å². The first kappa shape index (κ1) is 19.4. The summed E-state index contributed by atoms with van der Waals surface area (Å²) in [7, 11) is 1.82. The Balaban J connectivity index is 1.38. The van der Waals surface area contributed by atoms with E-state index in [2.05, 4.69) is 56.8 Å². The lowest BCUT2D eigenvalue weighted by atomic mass is 9.99. The van der Waals surface area contributed by atoms with Gasteiger partial charge in [-0.2, -0.15) is 5.10 Å². The summed E-state index contributed by atoms with van der Waals surface area (Å²) >= 11 is 0. The van der Waals surface area contributed by atoms with Crippen molar-refractivity contribution in [3.8, 4) is 5.69 Å². The molecule has 1 aromatic heterocycles. The van der Waals surface area contributed by atoms with E-state index in [0.29, 0.717) is 0 Å². The third-order valence-corrected chi connectivity index (χ3v) is 5.18. The van der Waals surface area contributed by atoms with Crippen LogP contribution in [0.2, 0.25) is 0 Å². The molecule has 0 amide bonds. The van der Waals surface area contributed by atoms with E-state index >= 15 is 0 Å². The summed E-state index contributed by atoms with van der Waals surface area (Å²) in [6, 6.07) is 10.3. The number of nitrogens with one attached hydrogen (secondary N) is 2. The lowest BCUT2D eigenvalue weighted by molar-refractivity contribution is 0.191. The molecule has 0 radical (unpaired) electrons. The van der Waals surface area contributed by atoms with Crippen LogP contribution in [-0.4, -0.2) is 53.9 Å². The Hall–Kier alpha value is -2.34. The molecule has 146 valence electrons. The zero-order valence-corrected chi connectivity index (χ0v) is 16.6. The highest BCUT2D eigenvalue weighted by molar-refractivity contribution is 5.79. The van der Waals surface area contributed by atoms with Crippen molar-refractivity contribution in [1.29, 1.82) is 0 Å². The van der Waals surface area contributed by atoms with Crippen LogP contribution in [0.3, 0.4) is 0 Å². The zero-order valence-electron chi connectivity index (χ0n) is 16.6. The van der Waals surface area contributed by atoms with Crippen LogP contribution in [-0.2, 0) is 6.54 Å². The lowest BCUT2D eigenvalue weighted by Crippen LogP contribution is -2.39. The lowest BCUT2D eigenvalue weighted by Gasteiger charge is -2.30. The SMILES string of the molecule is CN=C(NCCCN1CCC(C)CC1)NCc1cccc(-n2cccn2)c1. The average molecular weight is 369 g/mol. The molecule has 27 heavy (non-hydrogen) atoms. The Kier molecular flexibility index (Phi) is 7.27. The minimum atomic E-state index is 0.735. The van der Waals surface area contributed by atoms with Crippen LogP contribution in [0, 0.1) is 5.92 Å². The molecule has 0 atom stereocenters. The fraction of sp³-hybridized carbons (Fsp3) is 0.524. The van der Waals surface area contributed by atoms with Gasteiger partial charge in [0.1, 0.15) is 0 Å². The molecular formula is C21H32N6. The summed E-state index contributed by atoms with van der Waals surface area (Å²) in [5, 5.41) is 11.1. The van der Waals surface area contributed by atoms with Crippen molar-refractivity contribution in [3.63, 3.8) is 0 Å². The summed E-state index contributed by atoms with van der Waals surface area (Å²) in [5.41, 5.74) is 2.27. The Labute approximate surface area is 162 Å². The molecular weight excluding hydrogens is 336 g/mol. The maximum atomic E-state index is 4.33. The van der Waals surface area contributed by atoms with Gasteiger partial charge in [-0.05, 0) is 68.6 Å². The van der Waals surface area contributed by atoms with Gasteiger partial charge in [-0.15, -0.1) is 0 Å². The monoisotopic (exact) mass is 368 g/mol. The highest BCUT2D eigenvalue weighted by Gasteiger charge is 2.14. The van der Waals surface area contributed by atoms with E-state index in [4.69, 9.17) is 0 Å². The molecule has 0 unspecified atom stereocenters. The van der Waals surface area contributed by atoms with E-state index in [1.165, 1.54) is 38.0 Å². The van der Waals surface area contributed by atoms with Gasteiger partial charge in [0, 0.05) is 32.5 Å². The summed E-state index contributed by atoms with van der Waals surface area (Å²) in [6.07, 6.45) is 7.57. The van der Waals surface area contributed by atoms with E-state index in [1.807, 2.05) is 24.0 Å². The van der Waals surface area contributed by atoms with Crippen LogP contribution in [0.5, 0.6) is 0 Å². The van der Waals surface area contributed by atoms with Crippen molar-refractivity contribution in [1.82, 2.24) is 25.3 Å². The van der Waals surface area contributed by atoms with Gasteiger partial charge in [0.05, 0.1) is 5.69 Å². The number of aliphatic imine (C=N–C) groups is 1. The number of hydrogen-bond donors (Lipinski definition) is 2. The second kappa shape index (κ2) is 10.1. The largest absolute Gasteiger partial charge is 0.356 e. The van der Waals surface area contributed by atoms with Gasteiger partial charge in [0.2, 0.25) is 0 Å². The fourth-order valence-electron chi connectivity index (χ4n) is 3.43. The Morgan fingerprint density at radius 2 is 2.07 bits per heavy atom. The molecule has 2 aromatic rings. The molecule has 6 heteroatoms. The number of rotatable bonds is 7. The van der Waals surface area contributed by atoms with Crippen LogP contribution < -0.4 is 10.6 Å². The maximum absolute atomic E-state index is 4.33. The number of benzene rings is 1. The first-order valence-corrected chi connectivity index (χ1v) is 10.0. The predicted octanol–water partition coefficient (Wildman–Crippen LogP) is 2.66. The van der Waals surface area contributed by atoms with Crippen molar-refractivity contribution < 1.29 is 0 Å². The topological polar surface area (TPSA) is 57.5 Å². The van der Waals surface area contributed by atoms with Gasteiger partial charge < -0.3 is 15.5 Å². The fourth-order valence-corrected chi connectivity index (χ4v) is 3.43. The molecule has 1 aromatic carbocycles. The van der Waals surface area contributed by atoms with Crippen molar-refractivity contribution in [2.45, 2.75) is 32.7 Å². The molecule has 2 heterocycles. The number of hydrogen-bond acceptors (Lipinski definition) is 3. The molecule has 2 N–H and O–H groups in total. The van der Waals surface area contributed by atoms with Gasteiger partial charge in [-0.1, -0.05) is 19.1 Å². The van der Waals surface area contributed by atoms with Gasteiger partial charge in [-0.25, -0.2) is 4.68 Å².